The van der Waals surface area contributed by atoms with Gasteiger partial charge in [0.05, 0.1) is 0 Å². The Labute approximate surface area is 124 Å². The summed E-state index contributed by atoms with van der Waals surface area (Å²) in [5.74, 6) is -1.74. The van der Waals surface area contributed by atoms with E-state index in [-0.39, 0.29) is 17.5 Å². The molecule has 1 heterocycles. The zero-order valence-corrected chi connectivity index (χ0v) is 12.6. The number of rotatable bonds is 3. The van der Waals surface area contributed by atoms with Crippen LogP contribution in [0.25, 0.3) is 0 Å². The van der Waals surface area contributed by atoms with Crippen LogP contribution in [0, 0.1) is 0 Å². The number of halogens is 5. The van der Waals surface area contributed by atoms with Crippen molar-refractivity contribution < 1.29 is 30.8 Å². The summed E-state index contributed by atoms with van der Waals surface area (Å²) in [6.07, 6.45) is -5.04. The maximum atomic E-state index is 12.7. The van der Waals surface area contributed by atoms with E-state index in [1.807, 2.05) is 0 Å². The highest BCUT2D eigenvalue weighted by atomic mass is 79.9. The molecular weight excluding hydrogens is 391 g/mol. The lowest BCUT2D eigenvalue weighted by molar-refractivity contribution is -0.163. The molecular formula is C9H6BrClF3NO4S. The lowest BCUT2D eigenvalue weighted by Crippen LogP contribution is -2.47. The highest BCUT2D eigenvalue weighted by Gasteiger charge is 2.64. The van der Waals surface area contributed by atoms with Gasteiger partial charge in [0.2, 0.25) is 0 Å². The Kier molecular flexibility index (Phi) is 3.63. The van der Waals surface area contributed by atoms with E-state index in [4.69, 9.17) is 15.1 Å². The second-order valence-corrected chi connectivity index (χ2v) is 7.48. The van der Waals surface area contributed by atoms with Crippen molar-refractivity contribution in [3.63, 3.8) is 0 Å². The monoisotopic (exact) mass is 395 g/mol. The molecule has 1 aliphatic carbocycles. The van der Waals surface area contributed by atoms with Crippen LogP contribution in [0.15, 0.2) is 20.0 Å². The van der Waals surface area contributed by atoms with E-state index >= 15 is 0 Å². The molecule has 0 radical (unpaired) electrons. The third-order valence-corrected chi connectivity index (χ3v) is 4.97. The van der Waals surface area contributed by atoms with Crippen molar-refractivity contribution >= 4 is 41.6 Å². The largest absolute Gasteiger partial charge is 0.443 e. The van der Waals surface area contributed by atoms with Crippen molar-refractivity contribution in [1.29, 1.82) is 0 Å². The minimum Gasteiger partial charge on any atom is -0.443 e. The Balaban J connectivity index is 2.24. The van der Waals surface area contributed by atoms with Gasteiger partial charge in [0.1, 0.15) is 10.4 Å². The number of furan rings is 1. The maximum absolute atomic E-state index is 12.7. The summed E-state index contributed by atoms with van der Waals surface area (Å²) in [5, 5.41) is 1.80. The Hall–Kier alpha value is -0.740. The average Bonchev–Trinajstić information content (AvgIpc) is 2.92. The second-order valence-electron chi connectivity index (χ2n) is 4.22. The molecule has 0 bridgehead atoms. The first-order valence-electron chi connectivity index (χ1n) is 5.09. The molecule has 0 saturated heterocycles. The van der Waals surface area contributed by atoms with Crippen molar-refractivity contribution in [3.8, 4) is 0 Å². The first-order chi connectivity index (χ1) is 8.96. The van der Waals surface area contributed by atoms with Crippen LogP contribution in [0.3, 0.4) is 0 Å². The van der Waals surface area contributed by atoms with E-state index in [0.29, 0.717) is 0 Å². The summed E-state index contributed by atoms with van der Waals surface area (Å²) in [7, 11) is 0.897. The van der Waals surface area contributed by atoms with Crippen molar-refractivity contribution in [2.24, 2.45) is 0 Å². The second kappa shape index (κ2) is 4.63. The van der Waals surface area contributed by atoms with Crippen molar-refractivity contribution in [2.45, 2.75) is 29.5 Å². The fourth-order valence-electron chi connectivity index (χ4n) is 1.51. The average molecular weight is 397 g/mol. The summed E-state index contributed by atoms with van der Waals surface area (Å²) < 4.78 is 64.7. The van der Waals surface area contributed by atoms with Crippen LogP contribution in [-0.4, -0.2) is 26.0 Å². The number of alkyl halides is 3. The van der Waals surface area contributed by atoms with E-state index in [1.165, 1.54) is 0 Å². The van der Waals surface area contributed by atoms with Crippen molar-refractivity contribution in [1.82, 2.24) is 5.32 Å². The molecule has 0 aromatic carbocycles. The van der Waals surface area contributed by atoms with Gasteiger partial charge >= 0.3 is 6.18 Å². The molecule has 5 nitrogen and oxygen atoms in total. The summed E-state index contributed by atoms with van der Waals surface area (Å²) in [5.41, 5.74) is -2.26. The molecule has 0 atom stereocenters. The molecule has 0 unspecified atom stereocenters. The Morgan fingerprint density at radius 2 is 2.00 bits per heavy atom. The minimum atomic E-state index is -4.58. The molecule has 20 heavy (non-hydrogen) atoms. The predicted molar refractivity (Wildman–Crippen MR) is 64.9 cm³/mol. The summed E-state index contributed by atoms with van der Waals surface area (Å²) >= 11 is 2.72. The normalized spacial score (nSPS) is 17.9. The molecule has 2 rings (SSSR count). The van der Waals surface area contributed by atoms with Gasteiger partial charge in [-0.05, 0) is 28.8 Å². The van der Waals surface area contributed by atoms with Crippen LogP contribution < -0.4 is 5.32 Å². The standard InChI is InChI=1S/C9H6BrClF3NO4S/c10-6-5(20(11,17)18)3-4(19-6)7(16)15-8(1-2-8)9(12,13)14/h3H,1-2H2,(H,15,16). The number of hydrogen-bond acceptors (Lipinski definition) is 4. The third-order valence-electron chi connectivity index (χ3n) is 2.79. The first-order valence-corrected chi connectivity index (χ1v) is 8.20. The lowest BCUT2D eigenvalue weighted by atomic mass is 10.2. The topological polar surface area (TPSA) is 76.4 Å². The quantitative estimate of drug-likeness (QED) is 0.797. The zero-order chi connectivity index (χ0) is 15.3. The molecule has 1 aliphatic rings. The van der Waals surface area contributed by atoms with Crippen molar-refractivity contribution in [3.05, 3.63) is 16.5 Å². The molecule has 1 saturated carbocycles. The third kappa shape index (κ3) is 2.82. The Morgan fingerprint density at radius 3 is 2.35 bits per heavy atom. The molecule has 11 heteroatoms. The lowest BCUT2D eigenvalue weighted by Gasteiger charge is -2.19. The number of carbonyl (C=O) groups excluding carboxylic acids is 1. The maximum Gasteiger partial charge on any atom is 0.411 e. The molecule has 0 aliphatic heterocycles. The van der Waals surface area contributed by atoms with Crippen LogP contribution in [0.1, 0.15) is 23.4 Å². The fourth-order valence-corrected chi connectivity index (χ4v) is 3.55. The number of amides is 1. The molecule has 0 spiro atoms. The van der Waals surface area contributed by atoms with Crippen LogP contribution in [-0.2, 0) is 9.05 Å². The van der Waals surface area contributed by atoms with Crippen molar-refractivity contribution in [2.75, 3.05) is 0 Å². The summed E-state index contributed by atoms with van der Waals surface area (Å²) in [6.45, 7) is 0. The fraction of sp³-hybridized carbons (Fsp3) is 0.444. The smallest absolute Gasteiger partial charge is 0.411 e. The Morgan fingerprint density at radius 1 is 1.45 bits per heavy atom. The van der Waals surface area contributed by atoms with Crippen LogP contribution in [0.5, 0.6) is 0 Å². The van der Waals surface area contributed by atoms with Gasteiger partial charge in [-0.2, -0.15) is 13.2 Å². The van der Waals surface area contributed by atoms with Gasteiger partial charge in [0.15, 0.2) is 10.4 Å². The Bertz CT molecular complexity index is 665. The first kappa shape index (κ1) is 15.6. The van der Waals surface area contributed by atoms with Gasteiger partial charge in [-0.3, -0.25) is 4.79 Å². The van der Waals surface area contributed by atoms with E-state index < -0.39 is 37.3 Å². The summed E-state index contributed by atoms with van der Waals surface area (Å²) in [6, 6.07) is 0.758. The molecule has 1 fully saturated rings. The summed E-state index contributed by atoms with van der Waals surface area (Å²) in [4.78, 5) is 11.1. The molecule has 1 N–H and O–H groups in total. The van der Waals surface area contributed by atoms with E-state index in [9.17, 15) is 26.4 Å². The van der Waals surface area contributed by atoms with Crippen LogP contribution in [0.2, 0.25) is 0 Å². The van der Waals surface area contributed by atoms with Gasteiger partial charge in [0, 0.05) is 16.7 Å². The highest BCUT2D eigenvalue weighted by molar-refractivity contribution is 9.10. The number of carbonyl (C=O) groups is 1. The van der Waals surface area contributed by atoms with Gasteiger partial charge in [-0.25, -0.2) is 8.42 Å². The number of hydrogen-bond donors (Lipinski definition) is 1. The van der Waals surface area contributed by atoms with Gasteiger partial charge < -0.3 is 9.73 Å². The van der Waals surface area contributed by atoms with E-state index in [2.05, 4.69) is 15.9 Å². The molecule has 1 amide bonds. The molecule has 1 aromatic heterocycles. The molecule has 1 aromatic rings. The highest BCUT2D eigenvalue weighted by Crippen LogP contribution is 2.49. The molecule has 112 valence electrons. The van der Waals surface area contributed by atoms with Crippen LogP contribution >= 0.6 is 26.6 Å². The van der Waals surface area contributed by atoms with Gasteiger partial charge in [-0.15, -0.1) is 0 Å². The van der Waals surface area contributed by atoms with Gasteiger partial charge in [-0.1, -0.05) is 0 Å². The SMILES string of the molecule is O=C(NC1(C(F)(F)F)CC1)c1cc(S(=O)(=O)Cl)c(Br)o1. The minimum absolute atomic E-state index is 0.231. The predicted octanol–water partition coefficient (Wildman–Crippen LogP) is 2.79. The number of nitrogens with one attached hydrogen (secondary N) is 1. The van der Waals surface area contributed by atoms with E-state index in [1.54, 1.807) is 5.32 Å². The van der Waals surface area contributed by atoms with E-state index in [0.717, 1.165) is 6.07 Å². The van der Waals surface area contributed by atoms with Gasteiger partial charge in [0.25, 0.3) is 15.0 Å². The zero-order valence-electron chi connectivity index (χ0n) is 9.42. The van der Waals surface area contributed by atoms with Crippen LogP contribution in [0.4, 0.5) is 13.2 Å².